The molecule has 0 bridgehead atoms. The molecule has 0 saturated heterocycles. The Kier molecular flexibility index (Phi) is 8.94. The van der Waals surface area contributed by atoms with E-state index in [-0.39, 0.29) is 31.4 Å². The number of ether oxygens (including phenoxy) is 1. The van der Waals surface area contributed by atoms with Gasteiger partial charge < -0.3 is 24.7 Å². The lowest BCUT2D eigenvalue weighted by atomic mass is 10.0. The van der Waals surface area contributed by atoms with E-state index in [0.717, 1.165) is 11.1 Å². The number of hydrogen-bond acceptors (Lipinski definition) is 6. The van der Waals surface area contributed by atoms with E-state index in [0.29, 0.717) is 22.0 Å². The molecule has 0 spiro atoms. The first kappa shape index (κ1) is 26.7. The predicted molar refractivity (Wildman–Crippen MR) is 145 cm³/mol. The van der Waals surface area contributed by atoms with E-state index in [4.69, 9.17) is 9.15 Å². The molecule has 2 aromatic carbocycles. The van der Waals surface area contributed by atoms with E-state index in [2.05, 4.69) is 10.6 Å². The number of furan rings is 1. The van der Waals surface area contributed by atoms with Gasteiger partial charge in [0.15, 0.2) is 0 Å². The molecule has 2 aromatic heterocycles. The number of hydrogen-bond donors (Lipinski definition) is 2. The largest absolute Gasteiger partial charge is 0.497 e. The standard InChI is InChI=1S/C29H29N3O5S/c1-20-7-11-22(12-8-20)27(29(35)30-17-24-5-3-15-37-24)32(19-21-9-13-23(36-2)14-10-21)26(33)18-31-28(34)25-6-4-16-38-25/h3-16,27H,17-19H2,1-2H3,(H,30,35)(H,31,34)/t27-/m0/s1. The van der Waals surface area contributed by atoms with Gasteiger partial charge in [0, 0.05) is 6.54 Å². The van der Waals surface area contributed by atoms with Crippen LogP contribution in [0.2, 0.25) is 0 Å². The minimum Gasteiger partial charge on any atom is -0.497 e. The van der Waals surface area contributed by atoms with Crippen LogP contribution in [0.3, 0.4) is 0 Å². The van der Waals surface area contributed by atoms with E-state index in [9.17, 15) is 14.4 Å². The number of thiophene rings is 1. The van der Waals surface area contributed by atoms with Crippen LogP contribution in [0, 0.1) is 6.92 Å². The molecule has 38 heavy (non-hydrogen) atoms. The van der Waals surface area contributed by atoms with Gasteiger partial charge in [-0.1, -0.05) is 48.0 Å². The average molecular weight is 532 g/mol. The Bertz CT molecular complexity index is 1330. The first-order valence-electron chi connectivity index (χ1n) is 12.1. The number of rotatable bonds is 11. The van der Waals surface area contributed by atoms with Gasteiger partial charge in [-0.15, -0.1) is 11.3 Å². The molecule has 2 heterocycles. The molecule has 3 amide bonds. The van der Waals surface area contributed by atoms with Crippen molar-refractivity contribution in [1.82, 2.24) is 15.5 Å². The van der Waals surface area contributed by atoms with Crippen molar-refractivity contribution < 1.29 is 23.5 Å². The van der Waals surface area contributed by atoms with Gasteiger partial charge in [-0.05, 0) is 53.8 Å². The van der Waals surface area contributed by atoms with Crippen molar-refractivity contribution in [1.29, 1.82) is 0 Å². The zero-order valence-electron chi connectivity index (χ0n) is 21.2. The van der Waals surface area contributed by atoms with Crippen molar-refractivity contribution in [2.75, 3.05) is 13.7 Å². The van der Waals surface area contributed by atoms with Crippen molar-refractivity contribution in [3.63, 3.8) is 0 Å². The van der Waals surface area contributed by atoms with Crippen LogP contribution >= 0.6 is 11.3 Å². The maximum absolute atomic E-state index is 13.7. The fraction of sp³-hybridized carbons (Fsp3) is 0.207. The summed E-state index contributed by atoms with van der Waals surface area (Å²) in [6.45, 7) is 2.01. The van der Waals surface area contributed by atoms with Crippen LogP contribution in [0.1, 0.15) is 38.2 Å². The van der Waals surface area contributed by atoms with E-state index >= 15 is 0 Å². The quantitative estimate of drug-likeness (QED) is 0.297. The molecule has 1 atom stereocenters. The van der Waals surface area contributed by atoms with E-state index < -0.39 is 11.9 Å². The molecule has 0 aliphatic heterocycles. The van der Waals surface area contributed by atoms with Gasteiger partial charge >= 0.3 is 0 Å². The van der Waals surface area contributed by atoms with E-state index in [1.165, 1.54) is 22.5 Å². The molecule has 0 saturated carbocycles. The third-order valence-corrected chi connectivity index (χ3v) is 6.82. The number of nitrogens with zero attached hydrogens (tertiary/aromatic N) is 1. The van der Waals surface area contributed by atoms with Crippen molar-refractivity contribution in [2.24, 2.45) is 0 Å². The summed E-state index contributed by atoms with van der Waals surface area (Å²) >= 11 is 1.29. The van der Waals surface area contributed by atoms with Gasteiger partial charge in [0.2, 0.25) is 11.8 Å². The van der Waals surface area contributed by atoms with Crippen LogP contribution in [0.5, 0.6) is 5.75 Å². The molecular formula is C29H29N3O5S. The molecule has 4 rings (SSSR count). The number of amides is 3. The number of aryl methyl sites for hydroxylation is 1. The number of nitrogens with one attached hydrogen (secondary N) is 2. The van der Waals surface area contributed by atoms with Crippen LogP contribution in [0.15, 0.2) is 88.9 Å². The summed E-state index contributed by atoms with van der Waals surface area (Å²) in [6, 6.07) is 20.8. The number of carbonyl (C=O) groups excluding carboxylic acids is 3. The zero-order chi connectivity index (χ0) is 26.9. The Balaban J connectivity index is 1.63. The Labute approximate surface area is 225 Å². The second kappa shape index (κ2) is 12.7. The molecule has 2 N–H and O–H groups in total. The fourth-order valence-corrected chi connectivity index (χ4v) is 4.55. The van der Waals surface area contributed by atoms with Gasteiger partial charge in [-0.2, -0.15) is 0 Å². The number of methoxy groups -OCH3 is 1. The summed E-state index contributed by atoms with van der Waals surface area (Å²) < 4.78 is 10.6. The van der Waals surface area contributed by atoms with Gasteiger partial charge in [0.05, 0.1) is 31.3 Å². The average Bonchev–Trinajstić information content (AvgIpc) is 3.66. The highest BCUT2D eigenvalue weighted by Crippen LogP contribution is 2.25. The Morgan fingerprint density at radius 2 is 1.74 bits per heavy atom. The topological polar surface area (TPSA) is 101 Å². The van der Waals surface area contributed by atoms with E-state index in [1.54, 1.807) is 48.9 Å². The Morgan fingerprint density at radius 3 is 2.37 bits per heavy atom. The molecule has 0 unspecified atom stereocenters. The summed E-state index contributed by atoms with van der Waals surface area (Å²) in [5, 5.41) is 7.38. The molecule has 0 aliphatic rings. The van der Waals surface area contributed by atoms with Crippen molar-refractivity contribution in [3.05, 3.63) is 112 Å². The predicted octanol–water partition coefficient (Wildman–Crippen LogP) is 4.47. The molecule has 8 nitrogen and oxygen atoms in total. The Morgan fingerprint density at radius 1 is 0.974 bits per heavy atom. The number of carbonyl (C=O) groups is 3. The maximum Gasteiger partial charge on any atom is 0.261 e. The molecule has 0 fully saturated rings. The third-order valence-electron chi connectivity index (χ3n) is 5.95. The Hall–Kier alpha value is -4.37. The highest BCUT2D eigenvalue weighted by atomic mass is 32.1. The second-order valence-corrected chi connectivity index (χ2v) is 9.59. The maximum atomic E-state index is 13.7. The van der Waals surface area contributed by atoms with Gasteiger partial charge in [0.25, 0.3) is 5.91 Å². The van der Waals surface area contributed by atoms with Crippen LogP contribution in [0.4, 0.5) is 0 Å². The van der Waals surface area contributed by atoms with Crippen LogP contribution in [0.25, 0.3) is 0 Å². The summed E-state index contributed by atoms with van der Waals surface area (Å²) in [5.41, 5.74) is 2.48. The summed E-state index contributed by atoms with van der Waals surface area (Å²) in [7, 11) is 1.58. The lowest BCUT2D eigenvalue weighted by Crippen LogP contribution is -2.46. The van der Waals surface area contributed by atoms with Gasteiger partial charge in [-0.3, -0.25) is 14.4 Å². The zero-order valence-corrected chi connectivity index (χ0v) is 22.0. The minimum absolute atomic E-state index is 0.143. The summed E-state index contributed by atoms with van der Waals surface area (Å²) in [5.74, 6) is 0.173. The molecule has 0 aliphatic carbocycles. The molecular weight excluding hydrogens is 502 g/mol. The van der Waals surface area contributed by atoms with Crippen molar-refractivity contribution in [3.8, 4) is 5.75 Å². The monoisotopic (exact) mass is 531 g/mol. The van der Waals surface area contributed by atoms with E-state index in [1.807, 2.05) is 43.3 Å². The fourth-order valence-electron chi connectivity index (χ4n) is 3.91. The molecule has 4 aromatic rings. The molecule has 9 heteroatoms. The highest BCUT2D eigenvalue weighted by Gasteiger charge is 2.32. The van der Waals surface area contributed by atoms with Gasteiger partial charge in [-0.25, -0.2) is 0 Å². The minimum atomic E-state index is -0.946. The first-order valence-corrected chi connectivity index (χ1v) is 12.9. The highest BCUT2D eigenvalue weighted by molar-refractivity contribution is 7.12. The molecule has 196 valence electrons. The third kappa shape index (κ3) is 6.89. The van der Waals surface area contributed by atoms with Crippen LogP contribution < -0.4 is 15.4 Å². The molecule has 0 radical (unpaired) electrons. The van der Waals surface area contributed by atoms with Gasteiger partial charge in [0.1, 0.15) is 17.6 Å². The smallest absolute Gasteiger partial charge is 0.261 e. The first-order chi connectivity index (χ1) is 18.4. The summed E-state index contributed by atoms with van der Waals surface area (Å²) in [4.78, 5) is 41.8. The van der Waals surface area contributed by atoms with Crippen molar-refractivity contribution in [2.45, 2.75) is 26.1 Å². The van der Waals surface area contributed by atoms with Crippen molar-refractivity contribution >= 4 is 29.1 Å². The number of benzene rings is 2. The second-order valence-electron chi connectivity index (χ2n) is 8.64. The summed E-state index contributed by atoms with van der Waals surface area (Å²) in [6.07, 6.45) is 1.54. The lowest BCUT2D eigenvalue weighted by molar-refractivity contribution is -0.141. The lowest BCUT2D eigenvalue weighted by Gasteiger charge is -2.32. The normalized spacial score (nSPS) is 11.4. The SMILES string of the molecule is COc1ccc(CN(C(=O)CNC(=O)c2cccs2)[C@H](C(=O)NCc2ccco2)c2ccc(C)cc2)cc1. The van der Waals surface area contributed by atoms with Crippen LogP contribution in [-0.2, 0) is 22.7 Å². The van der Waals surface area contributed by atoms with Crippen LogP contribution in [-0.4, -0.2) is 36.3 Å².